The Labute approximate surface area is 137 Å². The molecule has 1 aliphatic heterocycles. The minimum absolute atomic E-state index is 0.144. The summed E-state index contributed by atoms with van der Waals surface area (Å²) in [5.41, 5.74) is 2.72. The van der Waals surface area contributed by atoms with E-state index in [1.165, 1.54) is 11.1 Å². The molecule has 0 amide bonds. The second-order valence-electron chi connectivity index (χ2n) is 6.46. The number of aromatic nitrogens is 1. The zero-order chi connectivity index (χ0) is 15.6. The van der Waals surface area contributed by atoms with Gasteiger partial charge >= 0.3 is 0 Å². The van der Waals surface area contributed by atoms with E-state index in [1.54, 1.807) is 0 Å². The van der Waals surface area contributed by atoms with E-state index in [1.807, 2.05) is 18.3 Å². The SMILES string of the molecule is OC1CCc2ccccc2C1N1CCN(c2ccccn2)CC1. The Bertz CT molecular complexity index is 653. The topological polar surface area (TPSA) is 39.6 Å². The first-order valence-corrected chi connectivity index (χ1v) is 8.49. The standard InChI is InChI=1S/C19H23N3O/c23-17-9-8-15-5-1-2-6-16(15)19(17)22-13-11-21(12-14-22)18-7-3-4-10-20-18/h1-7,10,17,19,23H,8-9,11-14H2. The van der Waals surface area contributed by atoms with Crippen LogP contribution in [0, 0.1) is 0 Å². The summed E-state index contributed by atoms with van der Waals surface area (Å²) in [5, 5.41) is 10.6. The molecule has 2 unspecified atom stereocenters. The Hall–Kier alpha value is -1.91. The summed E-state index contributed by atoms with van der Waals surface area (Å²) in [4.78, 5) is 9.23. The van der Waals surface area contributed by atoms with Crippen molar-refractivity contribution in [2.75, 3.05) is 31.1 Å². The lowest BCUT2D eigenvalue weighted by atomic mass is 9.84. The lowest BCUT2D eigenvalue weighted by Crippen LogP contribution is -2.51. The molecule has 1 aromatic carbocycles. The molecular formula is C19H23N3O. The smallest absolute Gasteiger partial charge is 0.128 e. The number of pyridine rings is 1. The van der Waals surface area contributed by atoms with Crippen LogP contribution in [0.15, 0.2) is 48.7 Å². The molecular weight excluding hydrogens is 286 g/mol. The number of nitrogens with zero attached hydrogens (tertiary/aromatic N) is 3. The van der Waals surface area contributed by atoms with Crippen LogP contribution in [0.2, 0.25) is 0 Å². The van der Waals surface area contributed by atoms with Gasteiger partial charge in [-0.05, 0) is 36.1 Å². The van der Waals surface area contributed by atoms with Gasteiger partial charge < -0.3 is 10.0 Å². The van der Waals surface area contributed by atoms with Crippen LogP contribution in [0.3, 0.4) is 0 Å². The quantitative estimate of drug-likeness (QED) is 0.923. The summed E-state index contributed by atoms with van der Waals surface area (Å²) in [6.45, 7) is 3.85. The third-order valence-corrected chi connectivity index (χ3v) is 5.13. The van der Waals surface area contributed by atoms with Crippen molar-refractivity contribution in [1.29, 1.82) is 0 Å². The first kappa shape index (κ1) is 14.7. The maximum absolute atomic E-state index is 10.6. The third-order valence-electron chi connectivity index (χ3n) is 5.13. The number of aliphatic hydroxyl groups is 1. The highest BCUT2D eigenvalue weighted by Crippen LogP contribution is 2.35. The Balaban J connectivity index is 1.50. The molecule has 1 aliphatic carbocycles. The Morgan fingerprint density at radius 3 is 2.52 bits per heavy atom. The molecule has 23 heavy (non-hydrogen) atoms. The summed E-state index contributed by atoms with van der Waals surface area (Å²) >= 11 is 0. The number of fused-ring (bicyclic) bond motifs is 1. The van der Waals surface area contributed by atoms with E-state index in [0.29, 0.717) is 0 Å². The fourth-order valence-electron chi connectivity index (χ4n) is 3.93. The largest absolute Gasteiger partial charge is 0.391 e. The Morgan fingerprint density at radius 2 is 1.74 bits per heavy atom. The van der Waals surface area contributed by atoms with Gasteiger partial charge in [-0.2, -0.15) is 0 Å². The van der Waals surface area contributed by atoms with Crippen molar-refractivity contribution in [3.05, 3.63) is 59.8 Å². The molecule has 1 aromatic heterocycles. The summed E-state index contributed by atoms with van der Waals surface area (Å²) < 4.78 is 0. The van der Waals surface area contributed by atoms with Crippen LogP contribution < -0.4 is 4.90 Å². The molecule has 4 nitrogen and oxygen atoms in total. The minimum Gasteiger partial charge on any atom is -0.391 e. The van der Waals surface area contributed by atoms with Gasteiger partial charge in [0, 0.05) is 32.4 Å². The normalized spacial score (nSPS) is 25.2. The van der Waals surface area contributed by atoms with Crippen LogP contribution in [0.4, 0.5) is 5.82 Å². The Kier molecular flexibility index (Phi) is 4.02. The zero-order valence-corrected chi connectivity index (χ0v) is 13.3. The van der Waals surface area contributed by atoms with Crippen molar-refractivity contribution >= 4 is 5.82 Å². The maximum Gasteiger partial charge on any atom is 0.128 e. The van der Waals surface area contributed by atoms with Gasteiger partial charge in [-0.1, -0.05) is 30.3 Å². The van der Waals surface area contributed by atoms with Crippen molar-refractivity contribution in [3.8, 4) is 0 Å². The predicted octanol–water partition coefficient (Wildman–Crippen LogP) is 2.25. The molecule has 4 rings (SSSR count). The van der Waals surface area contributed by atoms with Gasteiger partial charge in [-0.3, -0.25) is 4.90 Å². The maximum atomic E-state index is 10.6. The molecule has 2 atom stereocenters. The van der Waals surface area contributed by atoms with E-state index in [9.17, 15) is 5.11 Å². The van der Waals surface area contributed by atoms with Gasteiger partial charge in [0.05, 0.1) is 12.1 Å². The molecule has 1 saturated heterocycles. The van der Waals surface area contributed by atoms with Gasteiger partial charge in [0.15, 0.2) is 0 Å². The monoisotopic (exact) mass is 309 g/mol. The lowest BCUT2D eigenvalue weighted by Gasteiger charge is -2.43. The second kappa shape index (κ2) is 6.30. The number of aryl methyl sites for hydroxylation is 1. The first-order chi connectivity index (χ1) is 11.3. The van der Waals surface area contributed by atoms with Gasteiger partial charge in [0.2, 0.25) is 0 Å². The summed E-state index contributed by atoms with van der Waals surface area (Å²) in [6, 6.07) is 14.8. The molecule has 120 valence electrons. The first-order valence-electron chi connectivity index (χ1n) is 8.49. The average molecular weight is 309 g/mol. The minimum atomic E-state index is -0.258. The van der Waals surface area contributed by atoms with E-state index >= 15 is 0 Å². The number of hydrogen-bond acceptors (Lipinski definition) is 4. The van der Waals surface area contributed by atoms with Crippen molar-refractivity contribution < 1.29 is 5.11 Å². The average Bonchev–Trinajstić information content (AvgIpc) is 2.63. The van der Waals surface area contributed by atoms with Gasteiger partial charge in [-0.15, -0.1) is 0 Å². The lowest BCUT2D eigenvalue weighted by molar-refractivity contribution is 0.0325. The second-order valence-corrected chi connectivity index (χ2v) is 6.46. The highest BCUT2D eigenvalue weighted by molar-refractivity contribution is 5.39. The molecule has 1 N–H and O–H groups in total. The molecule has 1 fully saturated rings. The van der Waals surface area contributed by atoms with Crippen LogP contribution in [0.25, 0.3) is 0 Å². The van der Waals surface area contributed by atoms with Crippen LogP contribution in [-0.4, -0.2) is 47.3 Å². The summed E-state index contributed by atoms with van der Waals surface area (Å²) in [5.74, 6) is 1.05. The van der Waals surface area contributed by atoms with Crippen LogP contribution in [0.5, 0.6) is 0 Å². The van der Waals surface area contributed by atoms with Gasteiger partial charge in [0.1, 0.15) is 5.82 Å². The predicted molar refractivity (Wildman–Crippen MR) is 91.5 cm³/mol. The molecule has 2 aromatic rings. The molecule has 4 heteroatoms. The van der Waals surface area contributed by atoms with Crippen molar-refractivity contribution in [2.24, 2.45) is 0 Å². The highest BCUT2D eigenvalue weighted by Gasteiger charge is 2.34. The van der Waals surface area contributed by atoms with Crippen LogP contribution >= 0.6 is 0 Å². The summed E-state index contributed by atoms with van der Waals surface area (Å²) in [7, 11) is 0. The van der Waals surface area contributed by atoms with Crippen molar-refractivity contribution in [1.82, 2.24) is 9.88 Å². The van der Waals surface area contributed by atoms with Crippen LogP contribution in [-0.2, 0) is 6.42 Å². The Morgan fingerprint density at radius 1 is 0.957 bits per heavy atom. The van der Waals surface area contributed by atoms with E-state index in [-0.39, 0.29) is 12.1 Å². The summed E-state index contributed by atoms with van der Waals surface area (Å²) in [6.07, 6.45) is 3.44. The number of piperazine rings is 1. The van der Waals surface area contributed by atoms with E-state index in [4.69, 9.17) is 0 Å². The highest BCUT2D eigenvalue weighted by atomic mass is 16.3. The molecule has 0 radical (unpaired) electrons. The van der Waals surface area contributed by atoms with E-state index in [0.717, 1.165) is 44.8 Å². The zero-order valence-electron chi connectivity index (χ0n) is 13.3. The van der Waals surface area contributed by atoms with Crippen LogP contribution in [0.1, 0.15) is 23.6 Å². The molecule has 0 saturated carbocycles. The third kappa shape index (κ3) is 2.84. The molecule has 2 aliphatic rings. The molecule has 0 spiro atoms. The van der Waals surface area contributed by atoms with Gasteiger partial charge in [-0.25, -0.2) is 4.98 Å². The molecule has 2 heterocycles. The van der Waals surface area contributed by atoms with Crippen molar-refractivity contribution in [3.63, 3.8) is 0 Å². The fraction of sp³-hybridized carbons (Fsp3) is 0.421. The number of hydrogen-bond donors (Lipinski definition) is 1. The fourth-order valence-corrected chi connectivity index (χ4v) is 3.93. The van der Waals surface area contributed by atoms with E-state index in [2.05, 4.69) is 45.1 Å². The van der Waals surface area contributed by atoms with Crippen molar-refractivity contribution in [2.45, 2.75) is 25.0 Å². The number of anilines is 1. The number of rotatable bonds is 2. The number of aliphatic hydroxyl groups excluding tert-OH is 1. The van der Waals surface area contributed by atoms with E-state index < -0.39 is 0 Å². The molecule has 0 bridgehead atoms. The van der Waals surface area contributed by atoms with Gasteiger partial charge in [0.25, 0.3) is 0 Å². The number of benzene rings is 1.